The molecule has 0 N–H and O–H groups in total. The van der Waals surface area contributed by atoms with Crippen molar-refractivity contribution in [2.45, 2.75) is 26.0 Å². The molecule has 1 unspecified atom stereocenters. The first-order valence-electron chi connectivity index (χ1n) is 7.32. The first-order valence-corrected chi connectivity index (χ1v) is 7.32. The molecular formula is C17H16N2O4. The number of hydrogen-bond acceptors (Lipinski definition) is 4. The SMILES string of the molecule is CC1Oc2cc([N+](=O)[O-])ccc2N([C@@H](C)c2ccccc2)C1=O. The third-order valence-electron chi connectivity index (χ3n) is 3.97. The largest absolute Gasteiger partial charge is 0.478 e. The number of anilines is 1. The minimum Gasteiger partial charge on any atom is -0.478 e. The van der Waals surface area contributed by atoms with Crippen LogP contribution < -0.4 is 9.64 Å². The van der Waals surface area contributed by atoms with Gasteiger partial charge in [-0.1, -0.05) is 30.3 Å². The lowest BCUT2D eigenvalue weighted by molar-refractivity contribution is -0.384. The van der Waals surface area contributed by atoms with Crippen molar-refractivity contribution in [1.82, 2.24) is 0 Å². The van der Waals surface area contributed by atoms with E-state index in [-0.39, 0.29) is 17.6 Å². The second-order valence-electron chi connectivity index (χ2n) is 5.46. The molecule has 1 aliphatic rings. The third-order valence-corrected chi connectivity index (χ3v) is 3.97. The lowest BCUT2D eigenvalue weighted by Crippen LogP contribution is -2.45. The number of rotatable bonds is 3. The molecule has 2 aromatic rings. The summed E-state index contributed by atoms with van der Waals surface area (Å²) in [6.07, 6.45) is -0.685. The molecule has 1 heterocycles. The van der Waals surface area contributed by atoms with E-state index in [4.69, 9.17) is 4.74 Å². The van der Waals surface area contributed by atoms with Gasteiger partial charge in [0.2, 0.25) is 0 Å². The highest BCUT2D eigenvalue weighted by Gasteiger charge is 2.35. The summed E-state index contributed by atoms with van der Waals surface area (Å²) in [4.78, 5) is 24.7. The molecule has 3 rings (SSSR count). The number of nitrogens with zero attached hydrogens (tertiary/aromatic N) is 2. The van der Waals surface area contributed by atoms with Crippen molar-refractivity contribution in [2.24, 2.45) is 0 Å². The lowest BCUT2D eigenvalue weighted by atomic mass is 10.0. The van der Waals surface area contributed by atoms with Gasteiger partial charge in [0, 0.05) is 6.07 Å². The summed E-state index contributed by atoms with van der Waals surface area (Å²) in [5.74, 6) is 0.191. The number of benzene rings is 2. The summed E-state index contributed by atoms with van der Waals surface area (Å²) in [5, 5.41) is 10.9. The Morgan fingerprint density at radius 1 is 1.22 bits per heavy atom. The van der Waals surface area contributed by atoms with Gasteiger partial charge in [0.15, 0.2) is 11.9 Å². The predicted molar refractivity (Wildman–Crippen MR) is 85.5 cm³/mol. The van der Waals surface area contributed by atoms with Gasteiger partial charge in [0.1, 0.15) is 0 Å². The fourth-order valence-electron chi connectivity index (χ4n) is 2.75. The smallest absolute Gasteiger partial charge is 0.273 e. The molecular weight excluding hydrogens is 296 g/mol. The zero-order valence-electron chi connectivity index (χ0n) is 12.8. The maximum absolute atomic E-state index is 12.6. The second kappa shape index (κ2) is 5.72. The quantitative estimate of drug-likeness (QED) is 0.642. The third kappa shape index (κ3) is 2.63. The molecule has 0 spiro atoms. The molecule has 118 valence electrons. The van der Waals surface area contributed by atoms with Gasteiger partial charge in [-0.25, -0.2) is 0 Å². The van der Waals surface area contributed by atoms with Gasteiger partial charge in [-0.3, -0.25) is 19.8 Å². The van der Waals surface area contributed by atoms with Gasteiger partial charge >= 0.3 is 0 Å². The predicted octanol–water partition coefficient (Wildman–Crippen LogP) is 3.47. The molecule has 0 bridgehead atoms. The molecule has 1 aliphatic heterocycles. The summed E-state index contributed by atoms with van der Waals surface area (Å²) in [7, 11) is 0. The minimum absolute atomic E-state index is 0.0578. The van der Waals surface area contributed by atoms with Gasteiger partial charge in [-0.05, 0) is 25.5 Å². The van der Waals surface area contributed by atoms with Crippen molar-refractivity contribution in [3.63, 3.8) is 0 Å². The van der Waals surface area contributed by atoms with Crippen LogP contribution in [-0.2, 0) is 4.79 Å². The number of nitro benzene ring substituents is 1. The lowest BCUT2D eigenvalue weighted by Gasteiger charge is -2.37. The highest BCUT2D eigenvalue weighted by atomic mass is 16.6. The zero-order valence-corrected chi connectivity index (χ0v) is 12.8. The Morgan fingerprint density at radius 3 is 2.57 bits per heavy atom. The van der Waals surface area contributed by atoms with Crippen LogP contribution in [0.3, 0.4) is 0 Å². The Morgan fingerprint density at radius 2 is 1.91 bits per heavy atom. The number of non-ortho nitro benzene ring substituents is 1. The maximum atomic E-state index is 12.6. The van der Waals surface area contributed by atoms with Crippen molar-refractivity contribution in [3.8, 4) is 5.75 Å². The number of nitro groups is 1. The molecule has 2 aromatic carbocycles. The molecule has 1 amide bonds. The normalized spacial score (nSPS) is 18.1. The summed E-state index contributed by atoms with van der Waals surface area (Å²) < 4.78 is 5.56. The van der Waals surface area contributed by atoms with Crippen LogP contribution in [0.1, 0.15) is 25.5 Å². The minimum atomic E-state index is -0.685. The van der Waals surface area contributed by atoms with E-state index in [1.54, 1.807) is 17.9 Å². The topological polar surface area (TPSA) is 72.7 Å². The summed E-state index contributed by atoms with van der Waals surface area (Å²) in [6.45, 7) is 3.57. The van der Waals surface area contributed by atoms with Crippen molar-refractivity contribution >= 4 is 17.3 Å². The van der Waals surface area contributed by atoms with Gasteiger partial charge in [0.05, 0.1) is 22.7 Å². The first-order chi connectivity index (χ1) is 11.0. The van der Waals surface area contributed by atoms with Gasteiger partial charge in [-0.15, -0.1) is 0 Å². The summed E-state index contributed by atoms with van der Waals surface area (Å²) in [5.41, 5.74) is 1.48. The van der Waals surface area contributed by atoms with Crippen LogP contribution in [0.4, 0.5) is 11.4 Å². The van der Waals surface area contributed by atoms with Gasteiger partial charge in [0.25, 0.3) is 11.6 Å². The van der Waals surface area contributed by atoms with Crippen LogP contribution >= 0.6 is 0 Å². The molecule has 0 aliphatic carbocycles. The average Bonchev–Trinajstić information content (AvgIpc) is 2.56. The van der Waals surface area contributed by atoms with E-state index in [9.17, 15) is 14.9 Å². The van der Waals surface area contributed by atoms with Crippen LogP contribution in [0.25, 0.3) is 0 Å². The Kier molecular flexibility index (Phi) is 3.73. The Bertz CT molecular complexity index is 760. The molecule has 0 saturated carbocycles. The highest BCUT2D eigenvalue weighted by molar-refractivity contribution is 6.00. The van der Waals surface area contributed by atoms with Crippen LogP contribution in [0.5, 0.6) is 5.75 Å². The number of carbonyl (C=O) groups excluding carboxylic acids is 1. The Labute approximate surface area is 133 Å². The van der Waals surface area contributed by atoms with E-state index in [1.165, 1.54) is 12.1 Å². The van der Waals surface area contributed by atoms with E-state index in [0.717, 1.165) is 5.56 Å². The fourth-order valence-corrected chi connectivity index (χ4v) is 2.75. The van der Waals surface area contributed by atoms with Gasteiger partial charge < -0.3 is 4.74 Å². The fraction of sp³-hybridized carbons (Fsp3) is 0.235. The van der Waals surface area contributed by atoms with Crippen molar-refractivity contribution in [3.05, 3.63) is 64.2 Å². The van der Waals surface area contributed by atoms with E-state index in [1.807, 2.05) is 37.3 Å². The summed E-state index contributed by atoms with van der Waals surface area (Å²) >= 11 is 0. The van der Waals surface area contributed by atoms with Crippen molar-refractivity contribution < 1.29 is 14.5 Å². The number of carbonyl (C=O) groups is 1. The Balaban J connectivity index is 2.07. The Hall–Kier alpha value is -2.89. The van der Waals surface area contributed by atoms with E-state index < -0.39 is 11.0 Å². The van der Waals surface area contributed by atoms with E-state index in [2.05, 4.69) is 0 Å². The second-order valence-corrected chi connectivity index (χ2v) is 5.46. The zero-order chi connectivity index (χ0) is 16.6. The molecule has 0 saturated heterocycles. The number of fused-ring (bicyclic) bond motifs is 1. The number of ether oxygens (including phenoxy) is 1. The van der Waals surface area contributed by atoms with E-state index >= 15 is 0 Å². The average molecular weight is 312 g/mol. The first kappa shape index (κ1) is 15.0. The molecule has 0 aromatic heterocycles. The molecule has 6 nitrogen and oxygen atoms in total. The number of hydrogen-bond donors (Lipinski definition) is 0. The highest BCUT2D eigenvalue weighted by Crippen LogP contribution is 2.40. The summed E-state index contributed by atoms with van der Waals surface area (Å²) in [6, 6.07) is 13.8. The molecule has 6 heteroatoms. The molecule has 0 radical (unpaired) electrons. The number of amides is 1. The van der Waals surface area contributed by atoms with Crippen molar-refractivity contribution in [2.75, 3.05) is 4.90 Å². The van der Waals surface area contributed by atoms with Crippen LogP contribution in [0.15, 0.2) is 48.5 Å². The monoisotopic (exact) mass is 312 g/mol. The molecule has 23 heavy (non-hydrogen) atoms. The maximum Gasteiger partial charge on any atom is 0.273 e. The van der Waals surface area contributed by atoms with Gasteiger partial charge in [-0.2, -0.15) is 0 Å². The van der Waals surface area contributed by atoms with Crippen molar-refractivity contribution in [1.29, 1.82) is 0 Å². The van der Waals surface area contributed by atoms with Crippen LogP contribution in [0.2, 0.25) is 0 Å². The van der Waals surface area contributed by atoms with Crippen LogP contribution in [-0.4, -0.2) is 16.9 Å². The van der Waals surface area contributed by atoms with E-state index in [0.29, 0.717) is 11.4 Å². The standard InChI is InChI=1S/C17H16N2O4/c1-11(13-6-4-3-5-7-13)18-15-9-8-14(19(21)22)10-16(15)23-12(2)17(18)20/h3-12H,1-2H3/t11-,12?/m0/s1. The molecule has 0 fully saturated rings. The molecule has 2 atom stereocenters. The van der Waals surface area contributed by atoms with Crippen LogP contribution in [0, 0.1) is 10.1 Å².